The predicted molar refractivity (Wildman–Crippen MR) is 139 cm³/mol. The first-order valence-electron chi connectivity index (χ1n) is 10.5. The molecule has 3 rings (SSSR count). The van der Waals surface area contributed by atoms with E-state index in [1.165, 1.54) is 23.5 Å². The Morgan fingerprint density at radius 1 is 1.29 bits per heavy atom. The summed E-state index contributed by atoms with van der Waals surface area (Å²) in [5.74, 6) is -1.58. The number of halogens is 1. The molecule has 0 saturated carbocycles. The van der Waals surface area contributed by atoms with Crippen molar-refractivity contribution in [3.05, 3.63) is 68.6 Å². The number of aryl methyl sites for hydroxylation is 1. The number of thiazole rings is 1. The Kier molecular flexibility index (Phi) is 8.09. The Morgan fingerprint density at radius 2 is 1.97 bits per heavy atom. The number of aromatic nitrogens is 1. The lowest BCUT2D eigenvalue weighted by Gasteiger charge is -2.21. The fourth-order valence-corrected chi connectivity index (χ4v) is 4.07. The molecule has 2 aromatic carbocycles. The highest BCUT2D eigenvalue weighted by atomic mass is 35.5. The number of anilines is 2. The maximum atomic E-state index is 13.3. The molecule has 9 nitrogen and oxygen atoms in total. The van der Waals surface area contributed by atoms with Gasteiger partial charge in [0.1, 0.15) is 16.6 Å². The Labute approximate surface area is 212 Å². The number of carbonyl (C=O) groups is 1. The molecule has 0 aliphatic rings. The third kappa shape index (κ3) is 6.77. The highest BCUT2D eigenvalue weighted by Crippen LogP contribution is 2.29. The smallest absolute Gasteiger partial charge is 0.273 e. The SMILES string of the molecule is Cc1cc(Cl)ccc1NC(=O)/C(=N/NC(C)(C)C)C(C#N)c1nc(-c2ccc(N([O-])O)cc2)cs1. The van der Waals surface area contributed by atoms with E-state index in [2.05, 4.69) is 26.9 Å². The van der Waals surface area contributed by atoms with Crippen LogP contribution in [-0.4, -0.2) is 27.3 Å². The molecule has 0 fully saturated rings. The van der Waals surface area contributed by atoms with Crippen molar-refractivity contribution in [3.8, 4) is 17.3 Å². The largest absolute Gasteiger partial charge is 0.733 e. The van der Waals surface area contributed by atoms with Crippen LogP contribution in [0.15, 0.2) is 52.9 Å². The van der Waals surface area contributed by atoms with Gasteiger partial charge in [-0.25, -0.2) is 4.98 Å². The molecule has 3 aromatic rings. The number of nitriles is 1. The maximum Gasteiger partial charge on any atom is 0.273 e. The lowest BCUT2D eigenvalue weighted by molar-refractivity contribution is -0.110. The molecule has 0 radical (unpaired) electrons. The van der Waals surface area contributed by atoms with Crippen molar-refractivity contribution in [2.45, 2.75) is 39.2 Å². The van der Waals surface area contributed by atoms with Gasteiger partial charge in [0.25, 0.3) is 5.91 Å². The summed E-state index contributed by atoms with van der Waals surface area (Å²) in [6.45, 7) is 7.47. The van der Waals surface area contributed by atoms with E-state index in [1.807, 2.05) is 27.7 Å². The third-order valence-electron chi connectivity index (χ3n) is 4.74. The molecular formula is C24H24ClN6O3S-. The number of hydrogen-bond acceptors (Lipinski definition) is 9. The van der Waals surface area contributed by atoms with Crippen LogP contribution in [0, 0.1) is 23.5 Å². The first kappa shape index (κ1) is 26.1. The Hall–Kier alpha value is -3.49. The van der Waals surface area contributed by atoms with Crippen molar-refractivity contribution in [2.24, 2.45) is 5.10 Å². The summed E-state index contributed by atoms with van der Waals surface area (Å²) in [4.78, 5) is 17.8. The molecule has 1 amide bonds. The average molecular weight is 512 g/mol. The van der Waals surface area contributed by atoms with Gasteiger partial charge in [0, 0.05) is 27.2 Å². The second-order valence-electron chi connectivity index (χ2n) is 8.73. The van der Waals surface area contributed by atoms with Crippen molar-refractivity contribution in [2.75, 3.05) is 10.5 Å². The van der Waals surface area contributed by atoms with Gasteiger partial charge < -0.3 is 21.2 Å². The molecule has 0 spiro atoms. The number of nitrogens with one attached hydrogen (secondary N) is 2. The first-order chi connectivity index (χ1) is 16.5. The van der Waals surface area contributed by atoms with E-state index in [0.717, 1.165) is 5.56 Å². The average Bonchev–Trinajstić information content (AvgIpc) is 3.27. The first-order valence-corrected chi connectivity index (χ1v) is 11.8. The van der Waals surface area contributed by atoms with Crippen LogP contribution in [0.3, 0.4) is 0 Å². The number of amides is 1. The third-order valence-corrected chi connectivity index (χ3v) is 5.88. The van der Waals surface area contributed by atoms with E-state index < -0.39 is 17.4 Å². The minimum Gasteiger partial charge on any atom is -0.733 e. The standard InChI is InChI=1S/C24H24ClN6O3S/c1-14-11-16(25)7-10-19(14)27-22(32)21(29-30-24(2,3)4)18(12-26)23-28-20(13-35-23)15-5-8-17(9-6-15)31(33)34/h5-11,13,18,30,33H,1-4H3,(H,27,32)/q-1/b29-21+. The van der Waals surface area contributed by atoms with Crippen LogP contribution in [0.1, 0.15) is 37.3 Å². The maximum absolute atomic E-state index is 13.3. The minimum atomic E-state index is -1.04. The molecule has 1 unspecified atom stereocenters. The monoisotopic (exact) mass is 511 g/mol. The van der Waals surface area contributed by atoms with E-state index in [0.29, 0.717) is 27.0 Å². The van der Waals surface area contributed by atoms with E-state index in [4.69, 9.17) is 16.8 Å². The summed E-state index contributed by atoms with van der Waals surface area (Å²) in [6, 6.07) is 13.4. The van der Waals surface area contributed by atoms with Crippen LogP contribution < -0.4 is 16.0 Å². The molecule has 1 aromatic heterocycles. The zero-order valence-electron chi connectivity index (χ0n) is 19.5. The number of nitrogens with zero attached hydrogens (tertiary/aromatic N) is 4. The van der Waals surface area contributed by atoms with E-state index in [1.54, 1.807) is 35.7 Å². The van der Waals surface area contributed by atoms with Gasteiger partial charge in [0.2, 0.25) is 0 Å². The van der Waals surface area contributed by atoms with Crippen molar-refractivity contribution in [3.63, 3.8) is 0 Å². The van der Waals surface area contributed by atoms with Crippen molar-refractivity contribution < 1.29 is 10.0 Å². The highest BCUT2D eigenvalue weighted by molar-refractivity contribution is 7.10. The molecule has 0 aliphatic carbocycles. The summed E-state index contributed by atoms with van der Waals surface area (Å²) in [5.41, 5.74) is 5.09. The van der Waals surface area contributed by atoms with E-state index >= 15 is 0 Å². The number of rotatable bonds is 7. The molecule has 1 heterocycles. The molecule has 35 heavy (non-hydrogen) atoms. The van der Waals surface area contributed by atoms with Gasteiger partial charge in [-0.3, -0.25) is 10.0 Å². The van der Waals surface area contributed by atoms with Crippen LogP contribution >= 0.6 is 22.9 Å². The second kappa shape index (κ2) is 10.8. The zero-order valence-corrected chi connectivity index (χ0v) is 21.1. The molecular weight excluding hydrogens is 488 g/mol. The fraction of sp³-hybridized carbons (Fsp3) is 0.250. The normalized spacial score (nSPS) is 12.6. The van der Waals surface area contributed by atoms with Gasteiger partial charge in [-0.2, -0.15) is 10.4 Å². The highest BCUT2D eigenvalue weighted by Gasteiger charge is 2.29. The molecule has 1 atom stereocenters. The van der Waals surface area contributed by atoms with Gasteiger partial charge in [0.05, 0.1) is 17.5 Å². The number of carbonyl (C=O) groups excluding carboxylic acids is 1. The summed E-state index contributed by atoms with van der Waals surface area (Å²) in [7, 11) is 0. The molecule has 0 saturated heterocycles. The summed E-state index contributed by atoms with van der Waals surface area (Å²) < 4.78 is 0. The summed E-state index contributed by atoms with van der Waals surface area (Å²) >= 11 is 7.24. The Morgan fingerprint density at radius 3 is 2.54 bits per heavy atom. The predicted octanol–water partition coefficient (Wildman–Crippen LogP) is 5.46. The summed E-state index contributed by atoms with van der Waals surface area (Å²) in [6.07, 6.45) is 0. The molecule has 3 N–H and O–H groups in total. The van der Waals surface area contributed by atoms with Gasteiger partial charge in [-0.15, -0.1) is 11.3 Å². The van der Waals surface area contributed by atoms with Gasteiger partial charge in [0.15, 0.2) is 0 Å². The fourth-order valence-electron chi connectivity index (χ4n) is 2.97. The topological polar surface area (TPSA) is 137 Å². The molecule has 0 bridgehead atoms. The van der Waals surface area contributed by atoms with Crippen LogP contribution in [0.2, 0.25) is 5.02 Å². The molecule has 0 aliphatic heterocycles. The Bertz CT molecular complexity index is 1280. The quantitative estimate of drug-likeness (QED) is 0.283. The van der Waals surface area contributed by atoms with Crippen molar-refractivity contribution in [1.29, 1.82) is 5.26 Å². The van der Waals surface area contributed by atoms with Crippen molar-refractivity contribution in [1.82, 2.24) is 10.4 Å². The van der Waals surface area contributed by atoms with Crippen molar-refractivity contribution >= 4 is 45.9 Å². The molecule has 11 heteroatoms. The van der Waals surface area contributed by atoms with Crippen LogP contribution in [0.4, 0.5) is 11.4 Å². The van der Waals surface area contributed by atoms with Gasteiger partial charge in [-0.05, 0) is 63.6 Å². The lowest BCUT2D eigenvalue weighted by Crippen LogP contribution is -2.36. The van der Waals surface area contributed by atoms with E-state index in [9.17, 15) is 15.3 Å². The van der Waals surface area contributed by atoms with Crippen LogP contribution in [0.25, 0.3) is 11.3 Å². The number of hydrazone groups is 1. The van der Waals surface area contributed by atoms with Gasteiger partial charge in [-0.1, -0.05) is 23.7 Å². The summed E-state index contributed by atoms with van der Waals surface area (Å²) in [5, 5.41) is 39.6. The van der Waals surface area contributed by atoms with Crippen LogP contribution in [0.5, 0.6) is 0 Å². The second-order valence-corrected chi connectivity index (χ2v) is 10.1. The molecule has 182 valence electrons. The number of benzene rings is 2. The number of hydrogen-bond donors (Lipinski definition) is 3. The Balaban J connectivity index is 1.94. The lowest BCUT2D eigenvalue weighted by atomic mass is 10.0. The van der Waals surface area contributed by atoms with Crippen LogP contribution in [-0.2, 0) is 4.79 Å². The minimum absolute atomic E-state index is 0.0321. The van der Waals surface area contributed by atoms with E-state index in [-0.39, 0.29) is 16.6 Å². The zero-order chi connectivity index (χ0) is 25.8. The van der Waals surface area contributed by atoms with Gasteiger partial charge >= 0.3 is 0 Å².